The first kappa shape index (κ1) is 8.80. The Hall–Kier alpha value is -1.29. The summed E-state index contributed by atoms with van der Waals surface area (Å²) in [7, 11) is 0. The van der Waals surface area contributed by atoms with E-state index in [0.717, 1.165) is 0 Å². The van der Waals surface area contributed by atoms with Gasteiger partial charge >= 0.3 is 0 Å². The van der Waals surface area contributed by atoms with Crippen molar-refractivity contribution < 1.29 is 4.79 Å². The standard InChI is InChI=1S/C7H8ClN3O/c8-4-1-5(9)6(11-3-4)2-7(10)12/h1,3H,2,9H2,(H2,10,12). The van der Waals surface area contributed by atoms with E-state index < -0.39 is 5.91 Å². The number of nitrogens with two attached hydrogens (primary N) is 2. The molecule has 0 radical (unpaired) electrons. The van der Waals surface area contributed by atoms with Gasteiger partial charge in [0.1, 0.15) is 0 Å². The second-order valence-corrected chi connectivity index (χ2v) is 2.77. The molecule has 4 nitrogen and oxygen atoms in total. The highest BCUT2D eigenvalue weighted by Crippen LogP contribution is 2.14. The molecule has 0 bridgehead atoms. The first-order chi connectivity index (χ1) is 5.59. The molecule has 1 amide bonds. The summed E-state index contributed by atoms with van der Waals surface area (Å²) in [5.74, 6) is -0.462. The Morgan fingerprint density at radius 2 is 2.33 bits per heavy atom. The molecule has 1 rings (SSSR count). The third kappa shape index (κ3) is 2.10. The smallest absolute Gasteiger partial charge is 0.223 e. The van der Waals surface area contributed by atoms with Crippen LogP contribution in [0.5, 0.6) is 0 Å². The van der Waals surface area contributed by atoms with Crippen molar-refractivity contribution >= 4 is 23.2 Å². The molecule has 0 saturated carbocycles. The van der Waals surface area contributed by atoms with Gasteiger partial charge in [0.15, 0.2) is 0 Å². The number of amides is 1. The highest BCUT2D eigenvalue weighted by atomic mass is 35.5. The van der Waals surface area contributed by atoms with E-state index in [1.165, 1.54) is 12.3 Å². The molecule has 5 heteroatoms. The summed E-state index contributed by atoms with van der Waals surface area (Å²) >= 11 is 5.59. The highest BCUT2D eigenvalue weighted by molar-refractivity contribution is 6.30. The predicted octanol–water partition coefficient (Wildman–Crippen LogP) is 0.345. The molecule has 1 aromatic rings. The zero-order valence-corrected chi connectivity index (χ0v) is 7.01. The number of hydrogen-bond acceptors (Lipinski definition) is 3. The molecule has 0 aromatic carbocycles. The third-order valence-corrected chi connectivity index (χ3v) is 1.52. The summed E-state index contributed by atoms with van der Waals surface area (Å²) < 4.78 is 0. The summed E-state index contributed by atoms with van der Waals surface area (Å²) in [5.41, 5.74) is 11.3. The highest BCUT2D eigenvalue weighted by Gasteiger charge is 2.04. The van der Waals surface area contributed by atoms with Crippen LogP contribution >= 0.6 is 11.6 Å². The van der Waals surface area contributed by atoms with Crippen molar-refractivity contribution in [2.75, 3.05) is 5.73 Å². The molecule has 1 aromatic heterocycles. The van der Waals surface area contributed by atoms with Gasteiger partial charge in [-0.25, -0.2) is 0 Å². The Kier molecular flexibility index (Phi) is 2.50. The van der Waals surface area contributed by atoms with Crippen LogP contribution in [0.1, 0.15) is 5.69 Å². The fourth-order valence-corrected chi connectivity index (χ4v) is 0.962. The minimum atomic E-state index is -0.462. The Morgan fingerprint density at radius 3 is 2.83 bits per heavy atom. The number of nitrogens with zero attached hydrogens (tertiary/aromatic N) is 1. The molecule has 0 fully saturated rings. The van der Waals surface area contributed by atoms with Crippen LogP contribution in [-0.4, -0.2) is 10.9 Å². The summed E-state index contributed by atoms with van der Waals surface area (Å²) in [6.07, 6.45) is 1.47. The maximum absolute atomic E-state index is 10.5. The van der Waals surface area contributed by atoms with E-state index in [-0.39, 0.29) is 6.42 Å². The van der Waals surface area contributed by atoms with Crippen LogP contribution in [0.25, 0.3) is 0 Å². The van der Waals surface area contributed by atoms with E-state index in [4.69, 9.17) is 23.1 Å². The van der Waals surface area contributed by atoms with Gasteiger partial charge in [0, 0.05) is 6.20 Å². The van der Waals surface area contributed by atoms with E-state index >= 15 is 0 Å². The quantitative estimate of drug-likeness (QED) is 0.697. The molecule has 0 atom stereocenters. The molecule has 0 spiro atoms. The molecule has 0 unspecified atom stereocenters. The minimum Gasteiger partial charge on any atom is -0.397 e. The number of aromatic nitrogens is 1. The zero-order chi connectivity index (χ0) is 9.14. The Balaban J connectivity index is 2.93. The summed E-state index contributed by atoms with van der Waals surface area (Å²) in [5, 5.41) is 0.445. The zero-order valence-electron chi connectivity index (χ0n) is 6.25. The number of nitrogen functional groups attached to an aromatic ring is 1. The molecular weight excluding hydrogens is 178 g/mol. The minimum absolute atomic E-state index is 0.0446. The lowest BCUT2D eigenvalue weighted by atomic mass is 10.2. The fraction of sp³-hybridized carbons (Fsp3) is 0.143. The SMILES string of the molecule is NC(=O)Cc1ncc(Cl)cc1N. The number of primary amides is 1. The summed E-state index contributed by atoms with van der Waals surface area (Å²) in [4.78, 5) is 14.4. The largest absolute Gasteiger partial charge is 0.397 e. The average Bonchev–Trinajstić information content (AvgIpc) is 1.94. The van der Waals surface area contributed by atoms with Crippen molar-refractivity contribution in [2.24, 2.45) is 5.73 Å². The Bertz CT molecular complexity index is 314. The Labute approximate surface area is 74.5 Å². The van der Waals surface area contributed by atoms with Gasteiger partial charge in [-0.2, -0.15) is 0 Å². The third-order valence-electron chi connectivity index (χ3n) is 1.31. The summed E-state index contributed by atoms with van der Waals surface area (Å²) in [6, 6.07) is 1.53. The van der Waals surface area contributed by atoms with Gasteiger partial charge in [0.2, 0.25) is 5.91 Å². The normalized spacial score (nSPS) is 9.75. The van der Waals surface area contributed by atoms with Gasteiger partial charge in [-0.05, 0) is 6.07 Å². The second-order valence-electron chi connectivity index (χ2n) is 2.33. The first-order valence-corrected chi connectivity index (χ1v) is 3.65. The van der Waals surface area contributed by atoms with Crippen LogP contribution in [0.15, 0.2) is 12.3 Å². The number of carbonyl (C=O) groups excluding carboxylic acids is 1. The van der Waals surface area contributed by atoms with Gasteiger partial charge < -0.3 is 11.5 Å². The van der Waals surface area contributed by atoms with E-state index in [2.05, 4.69) is 4.98 Å². The van der Waals surface area contributed by atoms with Gasteiger partial charge in [-0.15, -0.1) is 0 Å². The number of carbonyl (C=O) groups is 1. The van der Waals surface area contributed by atoms with E-state index in [9.17, 15) is 4.79 Å². The van der Waals surface area contributed by atoms with Crippen molar-refractivity contribution in [3.63, 3.8) is 0 Å². The lowest BCUT2D eigenvalue weighted by Gasteiger charge is -2.01. The topological polar surface area (TPSA) is 82.0 Å². The fourth-order valence-electron chi connectivity index (χ4n) is 0.796. The van der Waals surface area contributed by atoms with E-state index in [1.54, 1.807) is 0 Å². The number of pyridine rings is 1. The summed E-state index contributed by atoms with van der Waals surface area (Å²) in [6.45, 7) is 0. The average molecular weight is 186 g/mol. The van der Waals surface area contributed by atoms with E-state index in [1.807, 2.05) is 0 Å². The van der Waals surface area contributed by atoms with Gasteiger partial charge in [-0.1, -0.05) is 11.6 Å². The van der Waals surface area contributed by atoms with E-state index in [0.29, 0.717) is 16.4 Å². The van der Waals surface area contributed by atoms with Crippen LogP contribution in [-0.2, 0) is 11.2 Å². The second kappa shape index (κ2) is 3.40. The molecule has 64 valence electrons. The van der Waals surface area contributed by atoms with Crippen molar-refractivity contribution in [1.29, 1.82) is 0 Å². The van der Waals surface area contributed by atoms with Crippen LogP contribution in [0.2, 0.25) is 5.02 Å². The number of anilines is 1. The van der Waals surface area contributed by atoms with Crippen molar-refractivity contribution in [3.8, 4) is 0 Å². The van der Waals surface area contributed by atoms with Gasteiger partial charge in [-0.3, -0.25) is 9.78 Å². The lowest BCUT2D eigenvalue weighted by Crippen LogP contribution is -2.15. The number of hydrogen-bond donors (Lipinski definition) is 2. The number of halogens is 1. The van der Waals surface area contributed by atoms with Crippen LogP contribution in [0.3, 0.4) is 0 Å². The van der Waals surface area contributed by atoms with Gasteiger partial charge in [0.25, 0.3) is 0 Å². The van der Waals surface area contributed by atoms with Gasteiger partial charge in [0.05, 0.1) is 22.8 Å². The van der Waals surface area contributed by atoms with Crippen LogP contribution in [0.4, 0.5) is 5.69 Å². The lowest BCUT2D eigenvalue weighted by molar-refractivity contribution is -0.117. The van der Waals surface area contributed by atoms with Crippen molar-refractivity contribution in [2.45, 2.75) is 6.42 Å². The van der Waals surface area contributed by atoms with Crippen molar-refractivity contribution in [1.82, 2.24) is 4.98 Å². The molecule has 0 aliphatic rings. The van der Waals surface area contributed by atoms with Crippen LogP contribution < -0.4 is 11.5 Å². The molecule has 0 aliphatic heterocycles. The molecule has 0 aliphatic carbocycles. The first-order valence-electron chi connectivity index (χ1n) is 3.28. The Morgan fingerprint density at radius 1 is 1.67 bits per heavy atom. The molecule has 1 heterocycles. The molecule has 4 N–H and O–H groups in total. The predicted molar refractivity (Wildman–Crippen MR) is 46.6 cm³/mol. The molecule has 0 saturated heterocycles. The molecule has 12 heavy (non-hydrogen) atoms. The van der Waals surface area contributed by atoms with Crippen molar-refractivity contribution in [3.05, 3.63) is 23.0 Å². The number of rotatable bonds is 2. The monoisotopic (exact) mass is 185 g/mol. The maximum atomic E-state index is 10.5. The maximum Gasteiger partial charge on any atom is 0.223 e. The van der Waals surface area contributed by atoms with Crippen LogP contribution in [0, 0.1) is 0 Å². The molecular formula is C7H8ClN3O.